The number of benzene rings is 1. The van der Waals surface area contributed by atoms with Gasteiger partial charge in [0.2, 0.25) is 0 Å². The van der Waals surface area contributed by atoms with Gasteiger partial charge in [-0.3, -0.25) is 0 Å². The molecule has 0 aliphatic rings. The Bertz CT molecular complexity index is 416. The first kappa shape index (κ1) is 14.5. The summed E-state index contributed by atoms with van der Waals surface area (Å²) in [4.78, 5) is 0. The average molecular weight is 259 g/mol. The third-order valence-corrected chi connectivity index (χ3v) is 2.55. The fourth-order valence-corrected chi connectivity index (χ4v) is 1.68. The van der Waals surface area contributed by atoms with Crippen LogP contribution >= 0.6 is 0 Å². The summed E-state index contributed by atoms with van der Waals surface area (Å²) in [6.45, 7) is 0.652. The van der Waals surface area contributed by atoms with Crippen LogP contribution in [-0.2, 0) is 6.42 Å². The third-order valence-electron chi connectivity index (χ3n) is 2.55. The molecule has 0 aromatic heterocycles. The van der Waals surface area contributed by atoms with Gasteiger partial charge < -0.3 is 16.5 Å². The minimum absolute atomic E-state index is 0.341. The largest absolute Gasteiger partial charge is 0.401 e. The molecule has 0 amide bonds. The van der Waals surface area contributed by atoms with Crippen LogP contribution in [0.4, 0.5) is 18.9 Å². The zero-order chi connectivity index (χ0) is 13.8. The van der Waals surface area contributed by atoms with Crippen molar-refractivity contribution in [2.45, 2.75) is 25.6 Å². The molecular formula is C12H16F3N3. The Morgan fingerprint density at radius 2 is 2.11 bits per heavy atom. The van der Waals surface area contributed by atoms with E-state index < -0.39 is 12.7 Å². The molecule has 0 aliphatic heterocycles. The van der Waals surface area contributed by atoms with Crippen LogP contribution in [-0.4, -0.2) is 25.0 Å². The van der Waals surface area contributed by atoms with Crippen molar-refractivity contribution >= 4 is 11.9 Å². The van der Waals surface area contributed by atoms with Crippen molar-refractivity contribution in [1.82, 2.24) is 5.32 Å². The van der Waals surface area contributed by atoms with E-state index in [4.69, 9.17) is 11.1 Å². The van der Waals surface area contributed by atoms with E-state index in [-0.39, 0.29) is 6.04 Å². The van der Waals surface area contributed by atoms with Gasteiger partial charge in [0.25, 0.3) is 0 Å². The smallest absolute Gasteiger partial charge is 0.398 e. The lowest BCUT2D eigenvalue weighted by Crippen LogP contribution is -2.36. The minimum Gasteiger partial charge on any atom is -0.398 e. The van der Waals surface area contributed by atoms with E-state index in [1.54, 1.807) is 25.1 Å². The van der Waals surface area contributed by atoms with Crippen molar-refractivity contribution in [3.05, 3.63) is 29.3 Å². The number of nitrogens with one attached hydrogen (secondary N) is 2. The molecule has 6 heteroatoms. The van der Waals surface area contributed by atoms with E-state index >= 15 is 0 Å². The molecule has 1 rings (SSSR count). The number of anilines is 1. The monoisotopic (exact) mass is 259 g/mol. The number of hydrogen-bond donors (Lipinski definition) is 3. The molecule has 0 unspecified atom stereocenters. The predicted octanol–water partition coefficient (Wildman–Crippen LogP) is 2.35. The number of nitrogen functional groups attached to an aromatic ring is 1. The second-order valence-electron chi connectivity index (χ2n) is 4.17. The van der Waals surface area contributed by atoms with Gasteiger partial charge in [-0.15, -0.1) is 0 Å². The Morgan fingerprint density at radius 1 is 1.44 bits per heavy atom. The van der Waals surface area contributed by atoms with Crippen LogP contribution in [0.3, 0.4) is 0 Å². The lowest BCUT2D eigenvalue weighted by atomic mass is 10.00. The maximum atomic E-state index is 12.0. The lowest BCUT2D eigenvalue weighted by molar-refractivity contribution is -0.126. The van der Waals surface area contributed by atoms with Crippen molar-refractivity contribution < 1.29 is 13.2 Å². The van der Waals surface area contributed by atoms with Gasteiger partial charge in [0.1, 0.15) is 0 Å². The van der Waals surface area contributed by atoms with Crippen molar-refractivity contribution in [1.29, 1.82) is 5.41 Å². The van der Waals surface area contributed by atoms with Gasteiger partial charge in [-0.05, 0) is 25.0 Å². The highest BCUT2D eigenvalue weighted by atomic mass is 19.4. The number of alkyl halides is 3. The van der Waals surface area contributed by atoms with E-state index in [1.807, 2.05) is 0 Å². The van der Waals surface area contributed by atoms with Crippen LogP contribution in [0, 0.1) is 5.41 Å². The van der Waals surface area contributed by atoms with E-state index in [2.05, 4.69) is 5.32 Å². The molecular weight excluding hydrogens is 243 g/mol. The van der Waals surface area contributed by atoms with Gasteiger partial charge in [-0.1, -0.05) is 12.1 Å². The summed E-state index contributed by atoms with van der Waals surface area (Å²) in [6.07, 6.45) is -2.69. The maximum Gasteiger partial charge on any atom is 0.401 e. The normalized spacial score (nSPS) is 13.3. The zero-order valence-electron chi connectivity index (χ0n) is 10.0. The SMILES string of the molecule is C[C@H](Cc1cccc(N)c1C=N)NCC(F)(F)F. The molecule has 3 nitrogen and oxygen atoms in total. The molecule has 4 N–H and O–H groups in total. The highest BCUT2D eigenvalue weighted by molar-refractivity contribution is 5.86. The fraction of sp³-hybridized carbons (Fsp3) is 0.417. The molecule has 0 saturated heterocycles. The quantitative estimate of drug-likeness (QED) is 0.561. The molecule has 0 saturated carbocycles. The standard InChI is InChI=1S/C12H16F3N3/c1-8(18-7-12(13,14)15)5-9-3-2-4-11(17)10(9)6-16/h2-4,6,8,16,18H,5,7,17H2,1H3/t8-/m1/s1. The van der Waals surface area contributed by atoms with Gasteiger partial charge >= 0.3 is 6.18 Å². The van der Waals surface area contributed by atoms with Crippen molar-refractivity contribution in [2.24, 2.45) is 0 Å². The Kier molecular flexibility index (Phi) is 4.72. The Morgan fingerprint density at radius 3 is 2.67 bits per heavy atom. The fourth-order valence-electron chi connectivity index (χ4n) is 1.68. The number of hydrogen-bond acceptors (Lipinski definition) is 3. The highest BCUT2D eigenvalue weighted by Gasteiger charge is 2.27. The first-order valence-electron chi connectivity index (χ1n) is 5.51. The summed E-state index contributed by atoms with van der Waals surface area (Å²) in [6, 6.07) is 4.82. The molecule has 0 radical (unpaired) electrons. The second kappa shape index (κ2) is 5.86. The highest BCUT2D eigenvalue weighted by Crippen LogP contribution is 2.17. The maximum absolute atomic E-state index is 12.0. The minimum atomic E-state index is -4.21. The third kappa shape index (κ3) is 4.37. The van der Waals surface area contributed by atoms with Crippen LogP contribution in [0.1, 0.15) is 18.1 Å². The molecule has 0 spiro atoms. The molecule has 0 fully saturated rings. The second-order valence-corrected chi connectivity index (χ2v) is 4.17. The van der Waals surface area contributed by atoms with E-state index in [0.717, 1.165) is 11.8 Å². The molecule has 0 aliphatic carbocycles. The molecule has 100 valence electrons. The molecule has 1 aromatic rings. The summed E-state index contributed by atoms with van der Waals surface area (Å²) < 4.78 is 36.1. The van der Waals surface area contributed by atoms with Gasteiger partial charge in [-0.25, -0.2) is 0 Å². The van der Waals surface area contributed by atoms with Crippen molar-refractivity contribution in [3.63, 3.8) is 0 Å². The van der Waals surface area contributed by atoms with E-state index in [0.29, 0.717) is 17.7 Å². The molecule has 0 heterocycles. The van der Waals surface area contributed by atoms with Crippen LogP contribution in [0.25, 0.3) is 0 Å². The average Bonchev–Trinajstić information content (AvgIpc) is 2.26. The Hall–Kier alpha value is -1.56. The van der Waals surface area contributed by atoms with E-state index in [1.165, 1.54) is 0 Å². The van der Waals surface area contributed by atoms with Crippen molar-refractivity contribution in [2.75, 3.05) is 12.3 Å². The number of nitrogens with two attached hydrogens (primary N) is 1. The van der Waals surface area contributed by atoms with Gasteiger partial charge in [0.05, 0.1) is 6.54 Å². The molecule has 1 atom stereocenters. The number of halogens is 3. The molecule has 0 bridgehead atoms. The van der Waals surface area contributed by atoms with Crippen LogP contribution in [0.2, 0.25) is 0 Å². The summed E-state index contributed by atoms with van der Waals surface area (Å²) in [7, 11) is 0. The van der Waals surface area contributed by atoms with Gasteiger partial charge in [-0.2, -0.15) is 13.2 Å². The first-order chi connectivity index (χ1) is 8.33. The summed E-state index contributed by atoms with van der Waals surface area (Å²) in [5.41, 5.74) is 7.50. The Labute approximate surface area is 104 Å². The van der Waals surface area contributed by atoms with E-state index in [9.17, 15) is 13.2 Å². The van der Waals surface area contributed by atoms with Crippen LogP contribution in [0.5, 0.6) is 0 Å². The Balaban J connectivity index is 2.67. The molecule has 18 heavy (non-hydrogen) atoms. The summed E-state index contributed by atoms with van der Waals surface area (Å²) in [5, 5.41) is 9.67. The summed E-state index contributed by atoms with van der Waals surface area (Å²) in [5.74, 6) is 0. The summed E-state index contributed by atoms with van der Waals surface area (Å²) >= 11 is 0. The van der Waals surface area contributed by atoms with Crippen LogP contribution in [0.15, 0.2) is 18.2 Å². The van der Waals surface area contributed by atoms with Gasteiger partial charge in [0.15, 0.2) is 0 Å². The zero-order valence-corrected chi connectivity index (χ0v) is 10.0. The number of rotatable bonds is 5. The van der Waals surface area contributed by atoms with Crippen LogP contribution < -0.4 is 11.1 Å². The lowest BCUT2D eigenvalue weighted by Gasteiger charge is -2.17. The first-order valence-corrected chi connectivity index (χ1v) is 5.51. The predicted molar refractivity (Wildman–Crippen MR) is 66.0 cm³/mol. The molecule has 1 aromatic carbocycles. The van der Waals surface area contributed by atoms with Gasteiger partial charge in [0, 0.05) is 23.5 Å². The topological polar surface area (TPSA) is 61.9 Å². The van der Waals surface area contributed by atoms with Crippen molar-refractivity contribution in [3.8, 4) is 0 Å².